The Labute approximate surface area is 86.3 Å². The number of nitrogens with one attached hydrogen (secondary N) is 1. The Bertz CT molecular complexity index is 352. The molecule has 0 unspecified atom stereocenters. The zero-order chi connectivity index (χ0) is 11.9. The Morgan fingerprint density at radius 2 is 1.87 bits per heavy atom. The quantitative estimate of drug-likeness (QED) is 0.826. The summed E-state index contributed by atoms with van der Waals surface area (Å²) in [6.45, 7) is 3.59. The second kappa shape index (κ2) is 3.52. The molecule has 0 bridgehead atoms. The average molecular weight is 221 g/mol. The first-order valence-electron chi connectivity index (χ1n) is 4.49. The van der Waals surface area contributed by atoms with E-state index in [1.807, 2.05) is 0 Å². The minimum atomic E-state index is -4.39. The summed E-state index contributed by atoms with van der Waals surface area (Å²) in [6.07, 6.45) is -4.39. The molecule has 0 aliphatic heterocycles. The van der Waals surface area contributed by atoms with Crippen LogP contribution in [0.4, 0.5) is 13.2 Å². The van der Waals surface area contributed by atoms with Crippen molar-refractivity contribution < 1.29 is 13.2 Å². The highest BCUT2D eigenvalue weighted by Crippen LogP contribution is 2.30. The number of halogens is 3. The lowest BCUT2D eigenvalue weighted by atomic mass is 10.0. The molecule has 0 aromatic carbocycles. The highest BCUT2D eigenvalue weighted by atomic mass is 19.4. The first kappa shape index (κ1) is 12.0. The summed E-state index contributed by atoms with van der Waals surface area (Å²) in [5, 5.41) is 6.38. The molecule has 0 saturated carbocycles. The maximum atomic E-state index is 12.4. The zero-order valence-electron chi connectivity index (χ0n) is 9.11. The summed E-state index contributed by atoms with van der Waals surface area (Å²) >= 11 is 0. The second-order valence-corrected chi connectivity index (χ2v) is 3.91. The predicted molar refractivity (Wildman–Crippen MR) is 50.3 cm³/mol. The van der Waals surface area contributed by atoms with Crippen molar-refractivity contribution in [2.45, 2.75) is 25.6 Å². The number of rotatable bonds is 2. The predicted octanol–water partition coefficient (Wildman–Crippen LogP) is 1.89. The van der Waals surface area contributed by atoms with E-state index in [-0.39, 0.29) is 0 Å². The highest BCUT2D eigenvalue weighted by Gasteiger charge is 2.36. The topological polar surface area (TPSA) is 29.9 Å². The van der Waals surface area contributed by atoms with Gasteiger partial charge in [-0.3, -0.25) is 4.68 Å². The van der Waals surface area contributed by atoms with Gasteiger partial charge in [-0.15, -0.1) is 0 Å². The Morgan fingerprint density at radius 1 is 1.33 bits per heavy atom. The minimum Gasteiger partial charge on any atom is -0.310 e. The van der Waals surface area contributed by atoms with Crippen molar-refractivity contribution in [1.29, 1.82) is 0 Å². The van der Waals surface area contributed by atoms with Gasteiger partial charge in [0, 0.05) is 7.05 Å². The number of aromatic nitrogens is 2. The van der Waals surface area contributed by atoms with Crippen LogP contribution in [0.15, 0.2) is 6.07 Å². The third-order valence-corrected chi connectivity index (χ3v) is 2.44. The molecule has 1 heterocycles. The molecule has 0 fully saturated rings. The zero-order valence-corrected chi connectivity index (χ0v) is 9.11. The Kier molecular flexibility index (Phi) is 2.82. The van der Waals surface area contributed by atoms with Crippen LogP contribution in [-0.2, 0) is 18.8 Å². The van der Waals surface area contributed by atoms with Crippen LogP contribution in [0.2, 0.25) is 0 Å². The van der Waals surface area contributed by atoms with Crippen molar-refractivity contribution in [2.75, 3.05) is 7.05 Å². The average Bonchev–Trinajstić information content (AvgIpc) is 2.47. The highest BCUT2D eigenvalue weighted by molar-refractivity contribution is 5.19. The van der Waals surface area contributed by atoms with Gasteiger partial charge in [-0.25, -0.2) is 0 Å². The lowest BCUT2D eigenvalue weighted by Crippen LogP contribution is -2.35. The monoisotopic (exact) mass is 221 g/mol. The van der Waals surface area contributed by atoms with E-state index in [4.69, 9.17) is 0 Å². The van der Waals surface area contributed by atoms with E-state index in [9.17, 15) is 13.2 Å². The minimum absolute atomic E-state index is 0.498. The molecule has 0 saturated heterocycles. The number of aryl methyl sites for hydroxylation is 1. The summed E-state index contributed by atoms with van der Waals surface area (Å²) in [6, 6.07) is 1.07. The molecule has 1 rings (SSSR count). The fourth-order valence-electron chi connectivity index (χ4n) is 1.32. The van der Waals surface area contributed by atoms with E-state index in [0.717, 1.165) is 6.07 Å². The molecule has 1 N–H and O–H groups in total. The molecule has 6 heteroatoms. The van der Waals surface area contributed by atoms with E-state index in [0.29, 0.717) is 5.69 Å². The molecular formula is C9H14F3N3. The van der Waals surface area contributed by atoms with Gasteiger partial charge in [0.25, 0.3) is 0 Å². The van der Waals surface area contributed by atoms with Crippen LogP contribution in [0.1, 0.15) is 25.2 Å². The molecule has 1 aromatic heterocycles. The lowest BCUT2D eigenvalue weighted by Gasteiger charge is -2.23. The summed E-state index contributed by atoms with van der Waals surface area (Å²) in [4.78, 5) is 0. The maximum absolute atomic E-state index is 12.4. The number of hydrogen-bond donors (Lipinski definition) is 1. The molecule has 0 aliphatic carbocycles. The number of alkyl halides is 3. The SMILES string of the molecule is CNC(C)(C)c1cc(C(F)(F)F)nn1C. The van der Waals surface area contributed by atoms with Gasteiger partial charge in [-0.1, -0.05) is 0 Å². The van der Waals surface area contributed by atoms with Crippen LogP contribution in [0.5, 0.6) is 0 Å². The molecule has 0 amide bonds. The van der Waals surface area contributed by atoms with Gasteiger partial charge in [0.15, 0.2) is 5.69 Å². The van der Waals surface area contributed by atoms with Crippen LogP contribution in [0, 0.1) is 0 Å². The Balaban J connectivity index is 3.18. The largest absolute Gasteiger partial charge is 0.435 e. The number of nitrogens with zero attached hydrogens (tertiary/aromatic N) is 2. The van der Waals surface area contributed by atoms with Gasteiger partial charge in [0.05, 0.1) is 11.2 Å². The fraction of sp³-hybridized carbons (Fsp3) is 0.667. The molecule has 3 nitrogen and oxygen atoms in total. The molecular weight excluding hydrogens is 207 g/mol. The smallest absolute Gasteiger partial charge is 0.310 e. The number of hydrogen-bond acceptors (Lipinski definition) is 2. The Hall–Kier alpha value is -1.04. The normalized spacial score (nSPS) is 13.3. The third-order valence-electron chi connectivity index (χ3n) is 2.44. The van der Waals surface area contributed by atoms with Crippen molar-refractivity contribution in [3.8, 4) is 0 Å². The van der Waals surface area contributed by atoms with Crippen molar-refractivity contribution in [3.63, 3.8) is 0 Å². The Morgan fingerprint density at radius 3 is 2.20 bits per heavy atom. The molecule has 0 spiro atoms. The van der Waals surface area contributed by atoms with E-state index in [1.165, 1.54) is 11.7 Å². The van der Waals surface area contributed by atoms with Gasteiger partial charge < -0.3 is 5.32 Å². The summed E-state index contributed by atoms with van der Waals surface area (Å²) in [7, 11) is 3.20. The van der Waals surface area contributed by atoms with Crippen LogP contribution in [0.25, 0.3) is 0 Å². The van der Waals surface area contributed by atoms with Crippen LogP contribution >= 0.6 is 0 Å². The maximum Gasteiger partial charge on any atom is 0.435 e. The van der Waals surface area contributed by atoms with Gasteiger partial charge in [-0.05, 0) is 27.0 Å². The van der Waals surface area contributed by atoms with E-state index >= 15 is 0 Å². The first-order valence-corrected chi connectivity index (χ1v) is 4.49. The summed E-state index contributed by atoms with van der Waals surface area (Å²) in [5.74, 6) is 0. The molecule has 0 radical (unpaired) electrons. The van der Waals surface area contributed by atoms with Gasteiger partial charge in [-0.2, -0.15) is 18.3 Å². The van der Waals surface area contributed by atoms with Crippen LogP contribution < -0.4 is 5.32 Å². The van der Waals surface area contributed by atoms with E-state index in [2.05, 4.69) is 10.4 Å². The molecule has 1 aromatic rings. The van der Waals surface area contributed by atoms with E-state index in [1.54, 1.807) is 20.9 Å². The first-order chi connectivity index (χ1) is 6.68. The fourth-order valence-corrected chi connectivity index (χ4v) is 1.32. The summed E-state index contributed by atoms with van der Waals surface area (Å²) in [5.41, 5.74) is -0.897. The van der Waals surface area contributed by atoms with Gasteiger partial charge in [0.1, 0.15) is 0 Å². The van der Waals surface area contributed by atoms with Crippen LogP contribution in [0.3, 0.4) is 0 Å². The lowest BCUT2D eigenvalue weighted by molar-refractivity contribution is -0.141. The van der Waals surface area contributed by atoms with Crippen molar-refractivity contribution in [3.05, 3.63) is 17.5 Å². The van der Waals surface area contributed by atoms with Crippen molar-refractivity contribution in [2.24, 2.45) is 7.05 Å². The molecule has 15 heavy (non-hydrogen) atoms. The van der Waals surface area contributed by atoms with Gasteiger partial charge >= 0.3 is 6.18 Å². The standard InChI is InChI=1S/C9H14F3N3/c1-8(2,13-3)7-5-6(9(10,11)12)14-15(7)4/h5,13H,1-4H3. The third kappa shape index (κ3) is 2.31. The molecule has 86 valence electrons. The van der Waals surface area contributed by atoms with Crippen molar-refractivity contribution >= 4 is 0 Å². The summed E-state index contributed by atoms with van der Waals surface area (Å²) < 4.78 is 38.4. The van der Waals surface area contributed by atoms with E-state index < -0.39 is 17.4 Å². The van der Waals surface area contributed by atoms with Gasteiger partial charge in [0.2, 0.25) is 0 Å². The second-order valence-electron chi connectivity index (χ2n) is 3.91. The van der Waals surface area contributed by atoms with Crippen LogP contribution in [-0.4, -0.2) is 16.8 Å². The molecule has 0 atom stereocenters. The molecule has 0 aliphatic rings. The van der Waals surface area contributed by atoms with Crippen molar-refractivity contribution in [1.82, 2.24) is 15.1 Å².